The van der Waals surface area contributed by atoms with E-state index in [1.165, 1.54) is 4.90 Å². The molecule has 1 aromatic rings. The van der Waals surface area contributed by atoms with Gasteiger partial charge in [-0.2, -0.15) is 0 Å². The quantitative estimate of drug-likeness (QED) is 0.797. The maximum absolute atomic E-state index is 12.2. The highest BCUT2D eigenvalue weighted by molar-refractivity contribution is 5.96. The maximum atomic E-state index is 12.2. The summed E-state index contributed by atoms with van der Waals surface area (Å²) in [6, 6.07) is 8.19. The van der Waals surface area contributed by atoms with Crippen LogP contribution in [0.25, 0.3) is 0 Å². The summed E-state index contributed by atoms with van der Waals surface area (Å²) in [4.78, 5) is 24.3. The van der Waals surface area contributed by atoms with Crippen molar-refractivity contribution < 1.29 is 19.4 Å². The predicted molar refractivity (Wildman–Crippen MR) is 75.9 cm³/mol. The topological polar surface area (TPSA) is 78.9 Å². The number of hydrogen-bond acceptors (Lipinski definition) is 3. The number of benzene rings is 1. The molecule has 0 bridgehead atoms. The lowest BCUT2D eigenvalue weighted by molar-refractivity contribution is -0.135. The van der Waals surface area contributed by atoms with Gasteiger partial charge in [-0.05, 0) is 25.5 Å². The smallest absolute Gasteiger partial charge is 0.323 e. The van der Waals surface area contributed by atoms with Crippen molar-refractivity contribution in [3.63, 3.8) is 0 Å². The van der Waals surface area contributed by atoms with Gasteiger partial charge in [0.2, 0.25) is 0 Å². The Kier molecular flexibility index (Phi) is 6.52. The lowest BCUT2D eigenvalue weighted by Crippen LogP contribution is -2.46. The van der Waals surface area contributed by atoms with E-state index in [0.717, 1.165) is 0 Å². The summed E-state index contributed by atoms with van der Waals surface area (Å²) in [5.41, 5.74) is 0.548. The van der Waals surface area contributed by atoms with Gasteiger partial charge in [0.05, 0.1) is 0 Å². The van der Waals surface area contributed by atoms with Crippen molar-refractivity contribution in [3.8, 4) is 0 Å². The largest absolute Gasteiger partial charge is 0.480 e. The van der Waals surface area contributed by atoms with E-state index >= 15 is 0 Å². The van der Waals surface area contributed by atoms with Gasteiger partial charge in [-0.15, -0.1) is 0 Å². The van der Waals surface area contributed by atoms with Crippen LogP contribution in [0.1, 0.15) is 13.3 Å². The average molecular weight is 280 g/mol. The first-order valence-electron chi connectivity index (χ1n) is 6.38. The third-order valence-corrected chi connectivity index (χ3v) is 2.73. The number of rotatable bonds is 7. The van der Waals surface area contributed by atoms with Gasteiger partial charge in [0.25, 0.3) is 0 Å². The first-order chi connectivity index (χ1) is 9.54. The normalized spacial score (nSPS) is 11.7. The van der Waals surface area contributed by atoms with Gasteiger partial charge < -0.3 is 15.2 Å². The number of nitrogens with one attached hydrogen (secondary N) is 1. The van der Waals surface area contributed by atoms with Crippen LogP contribution in [0.4, 0.5) is 10.5 Å². The van der Waals surface area contributed by atoms with Gasteiger partial charge in [0.1, 0.15) is 6.54 Å². The Morgan fingerprint density at radius 3 is 2.55 bits per heavy atom. The minimum absolute atomic E-state index is 0.0949. The van der Waals surface area contributed by atoms with Crippen LogP contribution < -0.4 is 10.2 Å². The first kappa shape index (κ1) is 16.0. The molecule has 0 aromatic heterocycles. The van der Waals surface area contributed by atoms with Gasteiger partial charge in [-0.25, -0.2) is 4.79 Å². The van der Waals surface area contributed by atoms with Crippen LogP contribution in [0.15, 0.2) is 30.3 Å². The van der Waals surface area contributed by atoms with E-state index in [-0.39, 0.29) is 12.6 Å². The molecule has 0 aliphatic rings. The fourth-order valence-corrected chi connectivity index (χ4v) is 1.68. The molecular formula is C14H20N2O4. The van der Waals surface area contributed by atoms with E-state index in [9.17, 15) is 9.59 Å². The Labute approximate surface area is 118 Å². The van der Waals surface area contributed by atoms with Gasteiger partial charge in [-0.1, -0.05) is 18.2 Å². The summed E-state index contributed by atoms with van der Waals surface area (Å²) in [5.74, 6) is -1.06. The van der Waals surface area contributed by atoms with Crippen LogP contribution in [0, 0.1) is 0 Å². The number of para-hydroxylation sites is 1. The number of urea groups is 1. The number of hydrogen-bond donors (Lipinski definition) is 2. The van der Waals surface area contributed by atoms with Crippen molar-refractivity contribution in [2.45, 2.75) is 19.4 Å². The molecule has 1 aromatic carbocycles. The molecule has 0 fully saturated rings. The van der Waals surface area contributed by atoms with Crippen molar-refractivity contribution in [3.05, 3.63) is 30.3 Å². The molecule has 0 heterocycles. The summed E-state index contributed by atoms with van der Waals surface area (Å²) < 4.78 is 4.94. The van der Waals surface area contributed by atoms with Crippen molar-refractivity contribution in [1.29, 1.82) is 0 Å². The number of nitrogens with zero attached hydrogens (tertiary/aromatic N) is 1. The zero-order chi connectivity index (χ0) is 15.0. The molecule has 20 heavy (non-hydrogen) atoms. The molecule has 0 aliphatic carbocycles. The highest BCUT2D eigenvalue weighted by atomic mass is 16.5. The Bertz CT molecular complexity index is 436. The van der Waals surface area contributed by atoms with E-state index in [0.29, 0.717) is 18.7 Å². The van der Waals surface area contributed by atoms with Crippen LogP contribution in [-0.2, 0) is 9.53 Å². The van der Waals surface area contributed by atoms with Crippen molar-refractivity contribution in [2.24, 2.45) is 0 Å². The molecule has 0 radical (unpaired) electrons. The molecule has 110 valence electrons. The third-order valence-electron chi connectivity index (χ3n) is 2.73. The Hall–Kier alpha value is -2.08. The lowest BCUT2D eigenvalue weighted by atomic mass is 10.2. The number of carbonyl (C=O) groups is 2. The third kappa shape index (κ3) is 5.27. The van der Waals surface area contributed by atoms with Crippen LogP contribution in [0.5, 0.6) is 0 Å². The highest BCUT2D eigenvalue weighted by Crippen LogP contribution is 2.13. The molecule has 0 saturated carbocycles. The van der Waals surface area contributed by atoms with Crippen molar-refractivity contribution in [1.82, 2.24) is 5.32 Å². The number of anilines is 1. The summed E-state index contributed by atoms with van der Waals surface area (Å²) in [6.07, 6.45) is 0.665. The summed E-state index contributed by atoms with van der Waals surface area (Å²) in [5, 5.41) is 11.7. The van der Waals surface area contributed by atoms with Crippen molar-refractivity contribution in [2.75, 3.05) is 25.2 Å². The molecule has 0 saturated heterocycles. The van der Waals surface area contributed by atoms with Crippen LogP contribution in [0.3, 0.4) is 0 Å². The molecule has 6 nitrogen and oxygen atoms in total. The Balaban J connectivity index is 2.73. The number of carboxylic acid groups (broad SMARTS) is 1. The number of carbonyl (C=O) groups excluding carboxylic acids is 1. The van der Waals surface area contributed by atoms with Crippen LogP contribution in [0.2, 0.25) is 0 Å². The summed E-state index contributed by atoms with van der Waals surface area (Å²) >= 11 is 0. The molecule has 6 heteroatoms. The minimum Gasteiger partial charge on any atom is -0.480 e. The van der Waals surface area contributed by atoms with Gasteiger partial charge in [-0.3, -0.25) is 9.69 Å². The zero-order valence-electron chi connectivity index (χ0n) is 11.7. The van der Waals surface area contributed by atoms with Gasteiger partial charge >= 0.3 is 12.0 Å². The molecule has 1 atom stereocenters. The monoisotopic (exact) mass is 280 g/mol. The van der Waals surface area contributed by atoms with Gasteiger partial charge in [0, 0.05) is 25.4 Å². The van der Waals surface area contributed by atoms with Crippen LogP contribution in [-0.4, -0.2) is 43.4 Å². The maximum Gasteiger partial charge on any atom is 0.323 e. The zero-order valence-corrected chi connectivity index (χ0v) is 11.7. The molecule has 0 spiro atoms. The predicted octanol–water partition coefficient (Wildman–Crippen LogP) is 1.71. The first-order valence-corrected chi connectivity index (χ1v) is 6.38. The standard InChI is InChI=1S/C14H20N2O4/c1-11(8-9-20-2)15-14(19)16(10-13(17)18)12-6-4-3-5-7-12/h3-7,11H,8-10H2,1-2H3,(H,15,19)(H,17,18). The Morgan fingerprint density at radius 2 is 2.00 bits per heavy atom. The minimum atomic E-state index is -1.06. The summed E-state index contributed by atoms with van der Waals surface area (Å²) in [6.45, 7) is 2.00. The number of carboxylic acids is 1. The van der Waals surface area contributed by atoms with E-state index in [1.54, 1.807) is 31.4 Å². The van der Waals surface area contributed by atoms with E-state index in [4.69, 9.17) is 9.84 Å². The second-order valence-electron chi connectivity index (χ2n) is 4.45. The molecule has 2 N–H and O–H groups in total. The molecule has 1 rings (SSSR count). The fourth-order valence-electron chi connectivity index (χ4n) is 1.68. The lowest BCUT2D eigenvalue weighted by Gasteiger charge is -2.23. The summed E-state index contributed by atoms with van der Waals surface area (Å²) in [7, 11) is 1.59. The molecule has 0 aliphatic heterocycles. The number of ether oxygens (including phenoxy) is 1. The van der Waals surface area contributed by atoms with E-state index in [2.05, 4.69) is 5.32 Å². The highest BCUT2D eigenvalue weighted by Gasteiger charge is 2.19. The molecule has 1 unspecified atom stereocenters. The van der Waals surface area contributed by atoms with Gasteiger partial charge in [0.15, 0.2) is 0 Å². The number of amides is 2. The number of aliphatic carboxylic acids is 1. The molecular weight excluding hydrogens is 260 g/mol. The number of methoxy groups -OCH3 is 1. The van der Waals surface area contributed by atoms with Crippen LogP contribution >= 0.6 is 0 Å². The molecule has 2 amide bonds. The van der Waals surface area contributed by atoms with E-state index in [1.807, 2.05) is 13.0 Å². The second kappa shape index (κ2) is 8.16. The second-order valence-corrected chi connectivity index (χ2v) is 4.45. The van der Waals surface area contributed by atoms with Crippen molar-refractivity contribution >= 4 is 17.7 Å². The van der Waals surface area contributed by atoms with E-state index < -0.39 is 12.0 Å². The SMILES string of the molecule is COCCC(C)NC(=O)N(CC(=O)O)c1ccccc1. The Morgan fingerprint density at radius 1 is 1.35 bits per heavy atom. The average Bonchev–Trinajstić information content (AvgIpc) is 2.43. The fraction of sp³-hybridized carbons (Fsp3) is 0.429.